The summed E-state index contributed by atoms with van der Waals surface area (Å²) in [5.74, 6) is -1.90. The molecule has 0 radical (unpaired) electrons. The molecular weight excluding hydrogens is 490 g/mol. The predicted octanol–water partition coefficient (Wildman–Crippen LogP) is 2.39. The van der Waals surface area contributed by atoms with Gasteiger partial charge in [0, 0.05) is 32.0 Å². The summed E-state index contributed by atoms with van der Waals surface area (Å²) < 4.78 is 11.2. The summed E-state index contributed by atoms with van der Waals surface area (Å²) in [6, 6.07) is 0. The van der Waals surface area contributed by atoms with Gasteiger partial charge in [-0.05, 0) is 25.3 Å². The fourth-order valence-corrected chi connectivity index (χ4v) is 4.57. The highest BCUT2D eigenvalue weighted by atomic mass is 16.5. The van der Waals surface area contributed by atoms with E-state index in [2.05, 4.69) is 10.3 Å². The van der Waals surface area contributed by atoms with Crippen LogP contribution in [0.4, 0.5) is 0 Å². The number of hydrogen-bond donors (Lipinski definition) is 2. The topological polar surface area (TPSA) is 139 Å². The van der Waals surface area contributed by atoms with Crippen LogP contribution in [0.5, 0.6) is 0 Å². The van der Waals surface area contributed by atoms with Gasteiger partial charge in [0.15, 0.2) is 5.69 Å². The number of rotatable bonds is 1. The molecule has 2 aliphatic heterocycles. The Morgan fingerprint density at radius 1 is 1.18 bits per heavy atom. The Kier molecular flexibility index (Phi) is 10.2. The van der Waals surface area contributed by atoms with Crippen molar-refractivity contribution >= 4 is 23.6 Å². The predicted molar refractivity (Wildman–Crippen MR) is 139 cm³/mol. The summed E-state index contributed by atoms with van der Waals surface area (Å²) >= 11 is 0. The third-order valence-corrected chi connectivity index (χ3v) is 6.57. The number of cyclic esters (lactones) is 1. The van der Waals surface area contributed by atoms with Crippen molar-refractivity contribution in [3.05, 3.63) is 53.8 Å². The zero-order valence-electron chi connectivity index (χ0n) is 22.4. The van der Waals surface area contributed by atoms with Gasteiger partial charge in [-0.15, -0.1) is 0 Å². The van der Waals surface area contributed by atoms with Crippen LogP contribution in [-0.2, 0) is 25.5 Å². The summed E-state index contributed by atoms with van der Waals surface area (Å²) in [5, 5.41) is 13.0. The number of Topliss-reactive ketones (excluding diaryl/α,β-unsaturated/α-hetero) is 1. The quantitative estimate of drug-likeness (QED) is 0.531. The number of allylic oxidation sites excluding steroid dienone is 2. The molecule has 1 aromatic heterocycles. The Morgan fingerprint density at radius 3 is 2.68 bits per heavy atom. The van der Waals surface area contributed by atoms with Crippen LogP contribution in [0.2, 0.25) is 0 Å². The van der Waals surface area contributed by atoms with Gasteiger partial charge < -0.3 is 24.5 Å². The number of ether oxygens (including phenoxy) is 1. The van der Waals surface area contributed by atoms with E-state index in [-0.39, 0.29) is 72.9 Å². The normalized spacial score (nSPS) is 29.7. The van der Waals surface area contributed by atoms with E-state index in [0.717, 1.165) is 5.57 Å². The molecule has 0 unspecified atom stereocenters. The number of aliphatic hydroxyl groups is 1. The maximum absolute atomic E-state index is 13.0. The maximum Gasteiger partial charge on any atom is 0.311 e. The van der Waals surface area contributed by atoms with E-state index in [4.69, 9.17) is 9.15 Å². The van der Waals surface area contributed by atoms with Gasteiger partial charge in [0.2, 0.25) is 11.8 Å². The first-order valence-electron chi connectivity index (χ1n) is 13.0. The van der Waals surface area contributed by atoms with Crippen LogP contribution in [0.3, 0.4) is 0 Å². The molecule has 2 amide bonds. The van der Waals surface area contributed by atoms with Crippen LogP contribution in [0, 0.1) is 17.8 Å². The highest BCUT2D eigenvalue weighted by Crippen LogP contribution is 2.24. The fraction of sp³-hybridized carbons (Fsp3) is 0.536. The van der Waals surface area contributed by atoms with Crippen molar-refractivity contribution in [2.24, 2.45) is 17.8 Å². The van der Waals surface area contributed by atoms with Gasteiger partial charge in [0.05, 0.1) is 18.4 Å². The Balaban J connectivity index is 1.79. The second-order valence-corrected chi connectivity index (χ2v) is 10.3. The van der Waals surface area contributed by atoms with Gasteiger partial charge >= 0.3 is 5.97 Å². The van der Waals surface area contributed by atoms with Crippen molar-refractivity contribution < 1.29 is 33.4 Å². The minimum Gasteiger partial charge on any atom is -0.461 e. The van der Waals surface area contributed by atoms with Crippen LogP contribution < -0.4 is 5.32 Å². The molecule has 1 saturated heterocycles. The van der Waals surface area contributed by atoms with E-state index in [1.165, 1.54) is 17.2 Å². The molecule has 0 spiro atoms. The maximum atomic E-state index is 13.0. The molecule has 4 atom stereocenters. The van der Waals surface area contributed by atoms with Gasteiger partial charge in [-0.2, -0.15) is 0 Å². The number of aliphatic hydroxyl groups excluding tert-OH is 1. The number of carbonyl (C=O) groups excluding carboxylic acids is 4. The fourth-order valence-electron chi connectivity index (χ4n) is 4.57. The highest BCUT2D eigenvalue weighted by molar-refractivity contribution is 5.93. The van der Waals surface area contributed by atoms with E-state index in [9.17, 15) is 24.3 Å². The van der Waals surface area contributed by atoms with E-state index < -0.39 is 18.1 Å². The molecule has 2 aliphatic rings. The van der Waals surface area contributed by atoms with E-state index in [1.807, 2.05) is 20.8 Å². The van der Waals surface area contributed by atoms with Crippen molar-refractivity contribution in [1.82, 2.24) is 15.2 Å². The van der Waals surface area contributed by atoms with Crippen molar-refractivity contribution in [2.75, 3.05) is 19.6 Å². The molecule has 0 saturated carbocycles. The van der Waals surface area contributed by atoms with Gasteiger partial charge in [-0.3, -0.25) is 19.2 Å². The lowest BCUT2D eigenvalue weighted by atomic mass is 9.94. The largest absolute Gasteiger partial charge is 0.461 e. The lowest BCUT2D eigenvalue weighted by molar-refractivity contribution is -0.157. The highest BCUT2D eigenvalue weighted by Gasteiger charge is 2.36. The number of oxazole rings is 1. The third-order valence-electron chi connectivity index (χ3n) is 6.57. The van der Waals surface area contributed by atoms with Crippen molar-refractivity contribution in [3.63, 3.8) is 0 Å². The number of nitrogens with zero attached hydrogens (tertiary/aromatic N) is 2. The number of amides is 2. The standard InChI is InChI=1S/C28H37N3O7/c1-17(2)26-19(4)7-8-24(34)29-10-5-6-18(3)12-21(32)13-22(33)14-25-30-23(16-37-25)27(35)31-11-9-20(15-31)28(36)38-26/h5-8,12,16-17,19-21,26,32H,9-11,13-15H2,1-4H3,(H,29,34)/b6-5+,8-7+,18-12+/t19-,20+,21-,26-/m1/s1. The molecule has 206 valence electrons. The van der Waals surface area contributed by atoms with Crippen molar-refractivity contribution in [2.45, 2.75) is 59.2 Å². The van der Waals surface area contributed by atoms with Crippen LogP contribution >= 0.6 is 0 Å². The van der Waals surface area contributed by atoms with Crippen LogP contribution in [-0.4, -0.2) is 70.4 Å². The summed E-state index contributed by atoms with van der Waals surface area (Å²) in [7, 11) is 0. The number of hydrogen-bond acceptors (Lipinski definition) is 8. The Hall–Kier alpha value is -3.53. The average Bonchev–Trinajstić information content (AvgIpc) is 3.52. The minimum absolute atomic E-state index is 0.0173. The monoisotopic (exact) mass is 527 g/mol. The zero-order chi connectivity index (χ0) is 27.8. The third kappa shape index (κ3) is 8.24. The van der Waals surface area contributed by atoms with Crippen LogP contribution in [0.25, 0.3) is 0 Å². The second kappa shape index (κ2) is 13.3. The van der Waals surface area contributed by atoms with E-state index >= 15 is 0 Å². The molecule has 3 heterocycles. The smallest absolute Gasteiger partial charge is 0.311 e. The number of fused-ring (bicyclic) bond motifs is 4. The van der Waals surface area contributed by atoms with E-state index in [0.29, 0.717) is 13.0 Å². The number of esters is 1. The van der Waals surface area contributed by atoms with E-state index in [1.54, 1.807) is 31.2 Å². The number of aromatic nitrogens is 1. The Morgan fingerprint density at radius 2 is 1.95 bits per heavy atom. The van der Waals surface area contributed by atoms with Crippen LogP contribution in [0.15, 0.2) is 46.6 Å². The summed E-state index contributed by atoms with van der Waals surface area (Å²) in [4.78, 5) is 56.2. The molecule has 38 heavy (non-hydrogen) atoms. The molecular formula is C28H37N3O7. The number of ketones is 1. The van der Waals surface area contributed by atoms with Gasteiger partial charge in [0.25, 0.3) is 5.91 Å². The molecule has 4 bridgehead atoms. The molecule has 3 rings (SSSR count). The van der Waals surface area contributed by atoms with Crippen LogP contribution in [0.1, 0.15) is 56.9 Å². The first kappa shape index (κ1) is 29.0. The zero-order valence-corrected chi connectivity index (χ0v) is 22.4. The van der Waals surface area contributed by atoms with Crippen molar-refractivity contribution in [1.29, 1.82) is 0 Å². The molecule has 0 aromatic carbocycles. The first-order valence-corrected chi connectivity index (χ1v) is 13.0. The lowest BCUT2D eigenvalue weighted by Crippen LogP contribution is -2.34. The van der Waals surface area contributed by atoms with Gasteiger partial charge in [-0.1, -0.05) is 50.6 Å². The molecule has 0 aliphatic carbocycles. The Bertz CT molecular complexity index is 1120. The second-order valence-electron chi connectivity index (χ2n) is 10.3. The number of carbonyl (C=O) groups is 4. The lowest BCUT2D eigenvalue weighted by Gasteiger charge is -2.27. The summed E-state index contributed by atoms with van der Waals surface area (Å²) in [5.41, 5.74) is 0.794. The molecule has 10 heteroatoms. The summed E-state index contributed by atoms with van der Waals surface area (Å²) in [6.45, 7) is 8.42. The number of nitrogens with one attached hydrogen (secondary N) is 1. The summed E-state index contributed by atoms with van der Waals surface area (Å²) in [6.07, 6.45) is 8.13. The SMILES string of the molecule is CC1=C\[C@@H](O)CC(=O)Cc2nc(co2)C(=O)N2CC[C@@H](C2)C(=O)O[C@H](C(C)C)[C@H](C)/C=C/C(=O)NC\C=C\1. The Labute approximate surface area is 222 Å². The van der Waals surface area contributed by atoms with Gasteiger partial charge in [-0.25, -0.2) is 4.98 Å². The molecule has 1 aromatic rings. The minimum atomic E-state index is -0.997. The van der Waals surface area contributed by atoms with Crippen molar-refractivity contribution in [3.8, 4) is 0 Å². The molecule has 10 nitrogen and oxygen atoms in total. The average molecular weight is 528 g/mol. The molecule has 2 N–H and O–H groups in total. The van der Waals surface area contributed by atoms with Gasteiger partial charge in [0.1, 0.15) is 18.2 Å². The first-order chi connectivity index (χ1) is 18.0. The molecule has 1 fully saturated rings.